The van der Waals surface area contributed by atoms with E-state index in [9.17, 15) is 4.79 Å². The van der Waals surface area contributed by atoms with Crippen LogP contribution in [0, 0.1) is 5.41 Å². The number of benzene rings is 1. The summed E-state index contributed by atoms with van der Waals surface area (Å²) in [5.74, 6) is 0.929. The van der Waals surface area contributed by atoms with Crippen molar-refractivity contribution >= 4 is 5.91 Å². The highest BCUT2D eigenvalue weighted by atomic mass is 16.5. The van der Waals surface area contributed by atoms with Crippen molar-refractivity contribution < 1.29 is 9.53 Å². The van der Waals surface area contributed by atoms with Crippen LogP contribution in [-0.4, -0.2) is 18.6 Å². The molecule has 110 valence electrons. The number of nitrogens with one attached hydrogen (secondary N) is 1. The first-order valence-electron chi connectivity index (χ1n) is 7.24. The molecule has 1 saturated carbocycles. The van der Waals surface area contributed by atoms with Gasteiger partial charge in [0, 0.05) is 6.54 Å². The molecule has 20 heavy (non-hydrogen) atoms. The Morgan fingerprint density at radius 1 is 1.30 bits per heavy atom. The summed E-state index contributed by atoms with van der Waals surface area (Å²) in [4.78, 5) is 12.1. The number of carbonyl (C=O) groups is 1. The number of nitrogens with two attached hydrogens (primary N) is 1. The van der Waals surface area contributed by atoms with E-state index in [0.717, 1.165) is 24.2 Å². The fraction of sp³-hybridized carbons (Fsp3) is 0.562. The minimum absolute atomic E-state index is 0.0142. The van der Waals surface area contributed by atoms with Crippen molar-refractivity contribution in [2.75, 3.05) is 6.54 Å². The molecule has 1 amide bonds. The van der Waals surface area contributed by atoms with Crippen molar-refractivity contribution in [2.45, 2.75) is 45.8 Å². The van der Waals surface area contributed by atoms with Crippen molar-refractivity contribution in [2.24, 2.45) is 11.1 Å². The normalized spacial score (nSPS) is 17.6. The van der Waals surface area contributed by atoms with Gasteiger partial charge in [0.1, 0.15) is 5.75 Å². The second-order valence-electron chi connectivity index (χ2n) is 5.92. The number of hydrogen-bond acceptors (Lipinski definition) is 3. The molecule has 3 N–H and O–H groups in total. The lowest BCUT2D eigenvalue weighted by Gasteiger charge is -2.19. The Hall–Kier alpha value is -1.55. The van der Waals surface area contributed by atoms with Gasteiger partial charge in [-0.05, 0) is 51.3 Å². The number of rotatable bonds is 6. The molecule has 0 spiro atoms. The van der Waals surface area contributed by atoms with Crippen LogP contribution in [0.25, 0.3) is 0 Å². The predicted octanol–water partition coefficient (Wildman–Crippen LogP) is 2.39. The molecule has 1 aliphatic carbocycles. The van der Waals surface area contributed by atoms with Gasteiger partial charge in [-0.1, -0.05) is 12.1 Å². The van der Waals surface area contributed by atoms with Gasteiger partial charge in [0.15, 0.2) is 0 Å². The summed E-state index contributed by atoms with van der Waals surface area (Å²) in [5.41, 5.74) is 6.45. The van der Waals surface area contributed by atoms with Crippen LogP contribution < -0.4 is 15.8 Å². The second-order valence-corrected chi connectivity index (χ2v) is 5.92. The van der Waals surface area contributed by atoms with E-state index in [2.05, 4.69) is 5.32 Å². The van der Waals surface area contributed by atoms with Crippen molar-refractivity contribution in [1.82, 2.24) is 5.32 Å². The van der Waals surface area contributed by atoms with E-state index in [4.69, 9.17) is 10.5 Å². The molecule has 2 rings (SSSR count). The van der Waals surface area contributed by atoms with Gasteiger partial charge >= 0.3 is 0 Å². The van der Waals surface area contributed by atoms with Crippen LogP contribution in [0.2, 0.25) is 0 Å². The summed E-state index contributed by atoms with van der Waals surface area (Å²) in [6.45, 7) is 6.42. The standard InChI is InChI=1S/C16H24N2O2/c1-11(2)20-14-6-4-13(5-7-14)12(3)18-15(19)16(10-17)8-9-16/h4-7,11-12H,8-10,17H2,1-3H3,(H,18,19). The fourth-order valence-corrected chi connectivity index (χ4v) is 2.22. The fourth-order valence-electron chi connectivity index (χ4n) is 2.22. The van der Waals surface area contributed by atoms with E-state index >= 15 is 0 Å². The maximum Gasteiger partial charge on any atom is 0.227 e. The molecule has 4 heteroatoms. The minimum Gasteiger partial charge on any atom is -0.491 e. The quantitative estimate of drug-likeness (QED) is 0.838. The van der Waals surface area contributed by atoms with E-state index in [0.29, 0.717) is 6.54 Å². The summed E-state index contributed by atoms with van der Waals surface area (Å²) in [5, 5.41) is 3.05. The lowest BCUT2D eigenvalue weighted by atomic mass is 10.0. The van der Waals surface area contributed by atoms with Gasteiger partial charge in [-0.15, -0.1) is 0 Å². The third-order valence-electron chi connectivity index (χ3n) is 3.83. The van der Waals surface area contributed by atoms with Crippen molar-refractivity contribution in [1.29, 1.82) is 0 Å². The number of amides is 1. The van der Waals surface area contributed by atoms with Crippen LogP contribution in [0.1, 0.15) is 45.2 Å². The minimum atomic E-state index is -0.297. The molecule has 0 aromatic heterocycles. The maximum atomic E-state index is 12.1. The molecular weight excluding hydrogens is 252 g/mol. The number of ether oxygens (including phenoxy) is 1. The van der Waals surface area contributed by atoms with Crippen LogP contribution in [0.4, 0.5) is 0 Å². The zero-order valence-electron chi connectivity index (χ0n) is 12.5. The highest BCUT2D eigenvalue weighted by molar-refractivity contribution is 5.85. The zero-order valence-corrected chi connectivity index (χ0v) is 12.5. The van der Waals surface area contributed by atoms with E-state index in [1.807, 2.05) is 45.0 Å². The first kappa shape index (κ1) is 14.9. The summed E-state index contributed by atoms with van der Waals surface area (Å²) in [6, 6.07) is 7.84. The summed E-state index contributed by atoms with van der Waals surface area (Å²) in [6.07, 6.45) is 1.98. The van der Waals surface area contributed by atoms with Crippen molar-refractivity contribution in [3.05, 3.63) is 29.8 Å². The van der Waals surface area contributed by atoms with Crippen molar-refractivity contribution in [3.63, 3.8) is 0 Å². The lowest BCUT2D eigenvalue weighted by molar-refractivity contribution is -0.126. The van der Waals surface area contributed by atoms with Gasteiger partial charge < -0.3 is 15.8 Å². The Balaban J connectivity index is 1.95. The van der Waals surface area contributed by atoms with Gasteiger partial charge in [-0.3, -0.25) is 4.79 Å². The van der Waals surface area contributed by atoms with Gasteiger partial charge in [-0.2, -0.15) is 0 Å². The number of hydrogen-bond donors (Lipinski definition) is 2. The van der Waals surface area contributed by atoms with Gasteiger partial charge in [-0.25, -0.2) is 0 Å². The highest BCUT2D eigenvalue weighted by Gasteiger charge is 2.48. The maximum absolute atomic E-state index is 12.1. The average molecular weight is 276 g/mol. The third kappa shape index (κ3) is 3.31. The topological polar surface area (TPSA) is 64.3 Å². The molecule has 0 saturated heterocycles. The monoisotopic (exact) mass is 276 g/mol. The third-order valence-corrected chi connectivity index (χ3v) is 3.83. The predicted molar refractivity (Wildman–Crippen MR) is 79.5 cm³/mol. The van der Waals surface area contributed by atoms with Crippen LogP contribution in [0.15, 0.2) is 24.3 Å². The Bertz CT molecular complexity index is 464. The molecule has 0 radical (unpaired) electrons. The van der Waals surface area contributed by atoms with E-state index < -0.39 is 0 Å². The molecule has 0 aliphatic heterocycles. The molecule has 1 aliphatic rings. The molecule has 0 bridgehead atoms. The zero-order chi connectivity index (χ0) is 14.8. The molecule has 1 unspecified atom stereocenters. The van der Waals surface area contributed by atoms with E-state index in [1.165, 1.54) is 0 Å². The van der Waals surface area contributed by atoms with Crippen molar-refractivity contribution in [3.8, 4) is 5.75 Å². The van der Waals surface area contributed by atoms with Gasteiger partial charge in [0.2, 0.25) is 5.91 Å². The molecule has 0 heterocycles. The molecule has 1 atom stereocenters. The average Bonchev–Trinajstić information content (AvgIpc) is 3.19. The molecule has 1 fully saturated rings. The smallest absolute Gasteiger partial charge is 0.227 e. The Morgan fingerprint density at radius 3 is 2.35 bits per heavy atom. The second kappa shape index (κ2) is 5.83. The van der Waals surface area contributed by atoms with Crippen LogP contribution in [-0.2, 0) is 4.79 Å². The highest BCUT2D eigenvalue weighted by Crippen LogP contribution is 2.45. The molecule has 1 aromatic rings. The first-order valence-corrected chi connectivity index (χ1v) is 7.24. The number of carbonyl (C=O) groups excluding carboxylic acids is 1. The van der Waals surface area contributed by atoms with Gasteiger partial charge in [0.05, 0.1) is 17.6 Å². The van der Waals surface area contributed by atoms with Crippen LogP contribution in [0.5, 0.6) is 5.75 Å². The molecule has 4 nitrogen and oxygen atoms in total. The van der Waals surface area contributed by atoms with Crippen LogP contribution >= 0.6 is 0 Å². The van der Waals surface area contributed by atoms with Gasteiger partial charge in [0.25, 0.3) is 0 Å². The SMILES string of the molecule is CC(C)Oc1ccc(C(C)NC(=O)C2(CN)CC2)cc1. The Kier molecular flexibility index (Phi) is 4.33. The lowest BCUT2D eigenvalue weighted by Crippen LogP contribution is -2.37. The van der Waals surface area contributed by atoms with E-state index in [1.54, 1.807) is 0 Å². The first-order chi connectivity index (χ1) is 9.47. The molecular formula is C16H24N2O2. The molecule has 1 aromatic carbocycles. The largest absolute Gasteiger partial charge is 0.491 e. The Labute approximate surface area is 120 Å². The Morgan fingerprint density at radius 2 is 1.90 bits per heavy atom. The summed E-state index contributed by atoms with van der Waals surface area (Å²) in [7, 11) is 0. The van der Waals surface area contributed by atoms with Crippen LogP contribution in [0.3, 0.4) is 0 Å². The summed E-state index contributed by atoms with van der Waals surface area (Å²) < 4.78 is 5.61. The summed E-state index contributed by atoms with van der Waals surface area (Å²) >= 11 is 0. The van der Waals surface area contributed by atoms with E-state index in [-0.39, 0.29) is 23.5 Å².